The summed E-state index contributed by atoms with van der Waals surface area (Å²) >= 11 is 0. The number of hydrogen-bond acceptors (Lipinski definition) is 10. The standard InChI is InChI=1S/C9H13N2O10P2/c12-6-7(21-22(14)15)5(4-19-23(16,17)18)20-8(6)11-3-1-2-10-9(11)13/h1-3,5-8,12,16-18H,4H2/q+1/p+1/t5-,6-,7-,8-/m1/s1. The lowest BCUT2D eigenvalue weighted by Gasteiger charge is -2.16. The van der Waals surface area contributed by atoms with Gasteiger partial charge in [-0.1, -0.05) is 0 Å². The highest BCUT2D eigenvalue weighted by Crippen LogP contribution is 2.47. The second kappa shape index (κ2) is 7.32. The summed E-state index contributed by atoms with van der Waals surface area (Å²) in [6, 6.07) is 1.40. The first-order valence-corrected chi connectivity index (χ1v) is 8.80. The average Bonchev–Trinajstić information content (AvgIpc) is 2.73. The van der Waals surface area contributed by atoms with E-state index in [1.807, 2.05) is 0 Å². The first kappa shape index (κ1) is 18.4. The molecule has 1 fully saturated rings. The summed E-state index contributed by atoms with van der Waals surface area (Å²) in [5.41, 5.74) is -0.751. The van der Waals surface area contributed by atoms with Crippen LogP contribution in [-0.2, 0) is 18.3 Å². The van der Waals surface area contributed by atoms with E-state index in [9.17, 15) is 14.5 Å². The van der Waals surface area contributed by atoms with Crippen molar-refractivity contribution in [2.45, 2.75) is 24.5 Å². The van der Waals surface area contributed by atoms with Crippen molar-refractivity contribution < 1.29 is 43.0 Å². The van der Waals surface area contributed by atoms with E-state index in [1.165, 1.54) is 18.5 Å². The fourth-order valence-corrected chi connectivity index (χ4v) is 2.87. The van der Waals surface area contributed by atoms with Gasteiger partial charge in [-0.2, -0.15) is 19.2 Å². The van der Waals surface area contributed by atoms with Gasteiger partial charge in [0.2, 0.25) is 0 Å². The van der Waals surface area contributed by atoms with Crippen molar-refractivity contribution in [3.8, 4) is 0 Å². The van der Waals surface area contributed by atoms with Crippen LogP contribution in [0.3, 0.4) is 0 Å². The minimum Gasteiger partial charge on any atom is -0.385 e. The van der Waals surface area contributed by atoms with Gasteiger partial charge in [0.15, 0.2) is 12.3 Å². The summed E-state index contributed by atoms with van der Waals surface area (Å²) in [7, 11) is -7.71. The molecule has 1 aliphatic heterocycles. The molecule has 0 saturated carbocycles. The van der Waals surface area contributed by atoms with Gasteiger partial charge in [0.05, 0.1) is 0 Å². The maximum atomic E-state index is 11.7. The van der Waals surface area contributed by atoms with Crippen molar-refractivity contribution in [1.82, 2.24) is 9.55 Å². The molecule has 1 aromatic heterocycles. The Labute approximate surface area is 130 Å². The smallest absolute Gasteiger partial charge is 0.385 e. The monoisotopic (exact) mass is 372 g/mol. The second-order valence-corrected chi connectivity index (χ2v) is 6.45. The Morgan fingerprint density at radius 2 is 2.13 bits per heavy atom. The number of aliphatic hydroxyl groups is 1. The van der Waals surface area contributed by atoms with Gasteiger partial charge in [0.25, 0.3) is 0 Å². The molecule has 0 radical (unpaired) electrons. The number of hydrogen-bond donors (Lipinski definition) is 5. The minimum atomic E-state index is -4.58. The molecule has 2 rings (SSSR count). The zero-order valence-electron chi connectivity index (χ0n) is 11.3. The number of ether oxygens (including phenoxy) is 1. The summed E-state index contributed by atoms with van der Waals surface area (Å²) < 4.78 is 26.1. The van der Waals surface area contributed by atoms with Crippen LogP contribution in [0.4, 0.5) is 0 Å². The Morgan fingerprint density at radius 1 is 1.43 bits per heavy atom. The third kappa shape index (κ3) is 4.78. The van der Waals surface area contributed by atoms with E-state index < -0.39 is 53.3 Å². The Kier molecular flexibility index (Phi) is 5.87. The lowest BCUT2D eigenvalue weighted by Crippen LogP contribution is -2.37. The molecule has 1 unspecified atom stereocenters. The SMILES string of the molecule is O=c1ncccn1[C@@H]1O[C@H](CO[P+](O)(O)O)[C@@H](O[P+](=O)O)[C@H]1O. The number of rotatable bonds is 6. The van der Waals surface area contributed by atoms with Crippen molar-refractivity contribution >= 4 is 16.4 Å². The number of nitrogens with zero attached hydrogens (tertiary/aromatic N) is 2. The molecule has 5 N–H and O–H groups in total. The van der Waals surface area contributed by atoms with Crippen molar-refractivity contribution in [2.24, 2.45) is 0 Å². The fraction of sp³-hybridized carbons (Fsp3) is 0.556. The van der Waals surface area contributed by atoms with Gasteiger partial charge in [0, 0.05) is 17.0 Å². The quantitative estimate of drug-likeness (QED) is 0.356. The lowest BCUT2D eigenvalue weighted by atomic mass is 10.1. The van der Waals surface area contributed by atoms with Crippen LogP contribution in [0.25, 0.3) is 0 Å². The summed E-state index contributed by atoms with van der Waals surface area (Å²) in [4.78, 5) is 50.4. The number of aromatic nitrogens is 2. The molecular formula is C9H14N2O10P2+2. The molecule has 128 valence electrons. The van der Waals surface area contributed by atoms with E-state index in [2.05, 4.69) is 14.0 Å². The molecule has 5 atom stereocenters. The maximum Gasteiger partial charge on any atom is 0.695 e. The normalized spacial score (nSPS) is 28.8. The van der Waals surface area contributed by atoms with Gasteiger partial charge in [-0.15, -0.1) is 9.42 Å². The zero-order chi connectivity index (χ0) is 17.2. The van der Waals surface area contributed by atoms with E-state index in [0.29, 0.717) is 0 Å². The van der Waals surface area contributed by atoms with Crippen molar-refractivity contribution in [1.29, 1.82) is 0 Å². The maximum absolute atomic E-state index is 11.7. The second-order valence-electron chi connectivity index (χ2n) is 4.48. The molecule has 0 aliphatic carbocycles. The van der Waals surface area contributed by atoms with Crippen LogP contribution in [0, 0.1) is 0 Å². The van der Waals surface area contributed by atoms with Crippen LogP contribution >= 0.6 is 16.4 Å². The van der Waals surface area contributed by atoms with Gasteiger partial charge in [0.1, 0.15) is 18.8 Å². The Balaban J connectivity index is 2.22. The Hall–Kier alpha value is -0.910. The van der Waals surface area contributed by atoms with Crippen molar-refractivity contribution in [3.05, 3.63) is 28.9 Å². The van der Waals surface area contributed by atoms with Gasteiger partial charge < -0.3 is 9.84 Å². The van der Waals surface area contributed by atoms with Gasteiger partial charge in [-0.3, -0.25) is 4.57 Å². The van der Waals surface area contributed by atoms with E-state index in [4.69, 9.17) is 24.3 Å². The molecule has 1 saturated heterocycles. The van der Waals surface area contributed by atoms with Crippen LogP contribution in [0.1, 0.15) is 6.23 Å². The highest BCUT2D eigenvalue weighted by Gasteiger charge is 2.52. The van der Waals surface area contributed by atoms with Crippen LogP contribution in [0.5, 0.6) is 0 Å². The highest BCUT2D eigenvalue weighted by atomic mass is 31.2. The Morgan fingerprint density at radius 3 is 2.70 bits per heavy atom. The predicted molar refractivity (Wildman–Crippen MR) is 72.6 cm³/mol. The van der Waals surface area contributed by atoms with Crippen molar-refractivity contribution in [2.75, 3.05) is 6.61 Å². The van der Waals surface area contributed by atoms with Gasteiger partial charge in [-0.05, 0) is 6.07 Å². The van der Waals surface area contributed by atoms with Crippen LogP contribution in [0.15, 0.2) is 23.3 Å². The fourth-order valence-electron chi connectivity index (χ4n) is 2.05. The van der Waals surface area contributed by atoms with Gasteiger partial charge >= 0.3 is 22.1 Å². The zero-order valence-corrected chi connectivity index (χ0v) is 13.1. The summed E-state index contributed by atoms with van der Waals surface area (Å²) in [6.45, 7) is -0.673. The Bertz CT molecular complexity index is 619. The molecule has 0 spiro atoms. The van der Waals surface area contributed by atoms with E-state index in [1.54, 1.807) is 0 Å². The molecule has 0 bridgehead atoms. The molecule has 23 heavy (non-hydrogen) atoms. The first-order valence-electron chi connectivity index (χ1n) is 6.10. The highest BCUT2D eigenvalue weighted by molar-refractivity contribution is 7.53. The van der Waals surface area contributed by atoms with Crippen LogP contribution in [0.2, 0.25) is 0 Å². The molecule has 2 heterocycles. The average molecular weight is 372 g/mol. The summed E-state index contributed by atoms with van der Waals surface area (Å²) in [5.74, 6) is 0. The summed E-state index contributed by atoms with van der Waals surface area (Å²) in [6.07, 6.45) is -3.06. The van der Waals surface area contributed by atoms with Crippen LogP contribution in [-0.4, -0.2) is 59.2 Å². The molecule has 12 nitrogen and oxygen atoms in total. The molecule has 0 aromatic carbocycles. The minimum absolute atomic E-state index is 0.673. The number of aliphatic hydroxyl groups excluding tert-OH is 1. The third-order valence-electron chi connectivity index (χ3n) is 2.95. The lowest BCUT2D eigenvalue weighted by molar-refractivity contribution is -0.0554. The molecule has 14 heteroatoms. The van der Waals surface area contributed by atoms with E-state index in [-0.39, 0.29) is 0 Å². The first-order chi connectivity index (χ1) is 10.7. The van der Waals surface area contributed by atoms with Gasteiger partial charge in [-0.25, -0.2) is 9.78 Å². The third-order valence-corrected chi connectivity index (χ3v) is 3.87. The van der Waals surface area contributed by atoms with E-state index in [0.717, 1.165) is 4.57 Å². The molecular weight excluding hydrogens is 358 g/mol. The summed E-state index contributed by atoms with van der Waals surface area (Å²) in [5, 5.41) is 10.2. The topological polar surface area (TPSA) is 181 Å². The predicted octanol–water partition coefficient (Wildman–Crippen LogP) is -1.79. The molecule has 1 aromatic rings. The van der Waals surface area contributed by atoms with E-state index >= 15 is 0 Å². The van der Waals surface area contributed by atoms with Crippen LogP contribution < -0.4 is 5.69 Å². The molecule has 0 amide bonds. The molecule has 1 aliphatic rings. The largest absolute Gasteiger partial charge is 0.695 e. The van der Waals surface area contributed by atoms with Crippen molar-refractivity contribution in [3.63, 3.8) is 0 Å².